The smallest absolute Gasteiger partial charge is 0.164 e. The van der Waals surface area contributed by atoms with Crippen molar-refractivity contribution < 1.29 is 28.4 Å². The van der Waals surface area contributed by atoms with Crippen molar-refractivity contribution in [3.05, 3.63) is 0 Å². The van der Waals surface area contributed by atoms with Gasteiger partial charge in [-0.05, 0) is 53.6 Å². The summed E-state index contributed by atoms with van der Waals surface area (Å²) in [6.07, 6.45) is 1.84. The van der Waals surface area contributed by atoms with Crippen LogP contribution in [0.5, 0.6) is 0 Å². The monoisotopic (exact) mass is 398 g/mol. The van der Waals surface area contributed by atoms with Gasteiger partial charge in [0.15, 0.2) is 11.6 Å². The summed E-state index contributed by atoms with van der Waals surface area (Å²) < 4.78 is 37.2. The summed E-state index contributed by atoms with van der Waals surface area (Å²) >= 11 is 0. The average Bonchev–Trinajstić information content (AvgIpc) is 3.27. The number of fused-ring (bicyclic) bond motifs is 10. The van der Waals surface area contributed by atoms with Crippen LogP contribution in [0.3, 0.4) is 0 Å². The van der Waals surface area contributed by atoms with Crippen molar-refractivity contribution in [1.29, 1.82) is 0 Å². The van der Waals surface area contributed by atoms with Crippen molar-refractivity contribution in [3.8, 4) is 0 Å². The summed E-state index contributed by atoms with van der Waals surface area (Å²) in [4.78, 5) is 0. The minimum absolute atomic E-state index is 0.00169. The molecule has 5 fully saturated rings. The highest BCUT2D eigenvalue weighted by Crippen LogP contribution is 2.41. The molecule has 0 aliphatic carbocycles. The van der Waals surface area contributed by atoms with Crippen LogP contribution in [-0.4, -0.2) is 86.6 Å². The SMILES string of the molecule is CC1(C)O[C@@H]2[C@H](O1)[C@H]1CNCC[C@H]3O[C@H](CNCC[C@H]2O1)[C@H]1OC(C)(C)O[C@H]13. The number of nitrogens with one attached hydrogen (secondary N) is 2. The predicted octanol–water partition coefficient (Wildman–Crippen LogP) is 0.534. The Morgan fingerprint density at radius 1 is 0.571 bits per heavy atom. The summed E-state index contributed by atoms with van der Waals surface area (Å²) in [6, 6.07) is 0. The maximum Gasteiger partial charge on any atom is 0.164 e. The van der Waals surface area contributed by atoms with E-state index in [9.17, 15) is 0 Å². The van der Waals surface area contributed by atoms with Gasteiger partial charge < -0.3 is 39.1 Å². The third-order valence-electron chi connectivity index (χ3n) is 6.39. The minimum Gasteiger partial charge on any atom is -0.368 e. The largest absolute Gasteiger partial charge is 0.368 e. The molecule has 0 unspecified atom stereocenters. The van der Waals surface area contributed by atoms with Gasteiger partial charge in [-0.15, -0.1) is 0 Å². The summed E-state index contributed by atoms with van der Waals surface area (Å²) in [5.41, 5.74) is 0. The lowest BCUT2D eigenvalue weighted by Crippen LogP contribution is -2.39. The van der Waals surface area contributed by atoms with Gasteiger partial charge in [-0.25, -0.2) is 0 Å². The van der Waals surface area contributed by atoms with Crippen molar-refractivity contribution in [2.45, 2.75) is 101 Å². The zero-order chi connectivity index (χ0) is 19.5. The van der Waals surface area contributed by atoms with Gasteiger partial charge in [-0.2, -0.15) is 0 Å². The van der Waals surface area contributed by atoms with Gasteiger partial charge in [0, 0.05) is 13.1 Å². The van der Waals surface area contributed by atoms with Gasteiger partial charge in [-0.1, -0.05) is 0 Å². The Balaban J connectivity index is 1.27. The number of hydrogen-bond acceptors (Lipinski definition) is 8. The molecular weight excluding hydrogens is 364 g/mol. The lowest BCUT2D eigenvalue weighted by Gasteiger charge is -2.26. The molecule has 0 aromatic heterocycles. The van der Waals surface area contributed by atoms with E-state index >= 15 is 0 Å². The van der Waals surface area contributed by atoms with Gasteiger partial charge >= 0.3 is 0 Å². The normalized spacial score (nSPS) is 50.1. The number of rotatable bonds is 0. The van der Waals surface area contributed by atoms with E-state index in [1.807, 2.05) is 27.7 Å². The minimum atomic E-state index is -0.541. The Morgan fingerprint density at radius 2 is 0.929 bits per heavy atom. The Labute approximate surface area is 166 Å². The van der Waals surface area contributed by atoms with Crippen LogP contribution in [-0.2, 0) is 28.4 Å². The summed E-state index contributed by atoms with van der Waals surface area (Å²) in [5, 5.41) is 7.08. The lowest BCUT2D eigenvalue weighted by atomic mass is 10.0. The Kier molecular flexibility index (Phi) is 5.00. The molecule has 5 saturated heterocycles. The van der Waals surface area contributed by atoms with Crippen molar-refractivity contribution >= 4 is 0 Å². The predicted molar refractivity (Wildman–Crippen MR) is 99.9 cm³/mol. The molecule has 0 spiro atoms. The molecule has 5 heterocycles. The first-order valence-corrected chi connectivity index (χ1v) is 10.7. The molecule has 160 valence electrons. The second kappa shape index (κ2) is 7.13. The molecule has 8 heteroatoms. The van der Waals surface area contributed by atoms with Crippen molar-refractivity contribution in [2.75, 3.05) is 26.2 Å². The Bertz CT molecular complexity index is 493. The highest BCUT2D eigenvalue weighted by Gasteiger charge is 2.56. The van der Waals surface area contributed by atoms with Gasteiger partial charge in [0.25, 0.3) is 0 Å². The molecule has 28 heavy (non-hydrogen) atoms. The molecule has 0 aromatic carbocycles. The van der Waals surface area contributed by atoms with E-state index in [0.717, 1.165) is 39.0 Å². The maximum absolute atomic E-state index is 6.30. The topological polar surface area (TPSA) is 79.4 Å². The zero-order valence-corrected chi connectivity index (χ0v) is 17.3. The highest BCUT2D eigenvalue weighted by atomic mass is 16.8. The molecule has 0 radical (unpaired) electrons. The van der Waals surface area contributed by atoms with Crippen LogP contribution in [0.15, 0.2) is 0 Å². The number of ether oxygens (including phenoxy) is 6. The first-order chi connectivity index (χ1) is 13.3. The summed E-state index contributed by atoms with van der Waals surface area (Å²) in [7, 11) is 0. The second-order valence-electron chi connectivity index (χ2n) is 9.54. The molecule has 8 nitrogen and oxygen atoms in total. The van der Waals surface area contributed by atoms with Gasteiger partial charge in [0.05, 0.1) is 24.4 Å². The van der Waals surface area contributed by atoms with E-state index in [-0.39, 0.29) is 48.8 Å². The highest BCUT2D eigenvalue weighted by molar-refractivity contribution is 5.01. The summed E-state index contributed by atoms with van der Waals surface area (Å²) in [6.45, 7) is 11.1. The van der Waals surface area contributed by atoms with Gasteiger partial charge in [0.1, 0.15) is 24.4 Å². The van der Waals surface area contributed by atoms with Crippen molar-refractivity contribution in [1.82, 2.24) is 10.6 Å². The molecule has 5 aliphatic heterocycles. The first kappa shape index (κ1) is 19.6. The van der Waals surface area contributed by atoms with E-state index in [4.69, 9.17) is 28.4 Å². The van der Waals surface area contributed by atoms with Crippen molar-refractivity contribution in [3.63, 3.8) is 0 Å². The molecule has 2 N–H and O–H groups in total. The van der Waals surface area contributed by atoms with Crippen LogP contribution >= 0.6 is 0 Å². The van der Waals surface area contributed by atoms with Crippen LogP contribution in [0.25, 0.3) is 0 Å². The van der Waals surface area contributed by atoms with Crippen LogP contribution < -0.4 is 10.6 Å². The molecular formula is C20H34N2O6. The maximum atomic E-state index is 6.30. The van der Waals surface area contributed by atoms with E-state index in [2.05, 4.69) is 10.6 Å². The molecule has 0 aromatic rings. The lowest BCUT2D eigenvalue weighted by molar-refractivity contribution is -0.189. The van der Waals surface area contributed by atoms with Crippen LogP contribution in [0, 0.1) is 0 Å². The van der Waals surface area contributed by atoms with E-state index in [0.29, 0.717) is 0 Å². The molecule has 5 rings (SSSR count). The summed E-state index contributed by atoms with van der Waals surface area (Å²) in [5.74, 6) is -1.08. The van der Waals surface area contributed by atoms with Crippen LogP contribution in [0.2, 0.25) is 0 Å². The third-order valence-corrected chi connectivity index (χ3v) is 6.39. The molecule has 4 bridgehead atoms. The third kappa shape index (κ3) is 3.63. The fraction of sp³-hybridized carbons (Fsp3) is 1.00. The Morgan fingerprint density at radius 3 is 1.32 bits per heavy atom. The van der Waals surface area contributed by atoms with Crippen LogP contribution in [0.1, 0.15) is 40.5 Å². The van der Waals surface area contributed by atoms with Gasteiger partial charge in [0.2, 0.25) is 0 Å². The first-order valence-electron chi connectivity index (χ1n) is 10.7. The average molecular weight is 399 g/mol. The standard InChI is InChI=1S/C20H34N2O6/c1-19(2)25-15-11-5-7-22-10-14-18-16(26-20(3,4)28-18)12(24-14)6-8-21-9-13(23-11)17(15)27-19/h11-18,21-22H,5-10H2,1-4H3/t11-,12-,13-,14-,15+,16+,17-,18-/m1/s1. The molecule has 0 saturated carbocycles. The fourth-order valence-corrected chi connectivity index (χ4v) is 5.31. The molecule has 0 amide bonds. The van der Waals surface area contributed by atoms with Crippen molar-refractivity contribution in [2.24, 2.45) is 0 Å². The van der Waals surface area contributed by atoms with E-state index in [1.54, 1.807) is 0 Å². The fourth-order valence-electron chi connectivity index (χ4n) is 5.31. The van der Waals surface area contributed by atoms with Crippen LogP contribution in [0.4, 0.5) is 0 Å². The Hall–Kier alpha value is -0.320. The second-order valence-corrected chi connectivity index (χ2v) is 9.54. The molecule has 8 atom stereocenters. The quantitative estimate of drug-likeness (QED) is 0.612. The van der Waals surface area contributed by atoms with Gasteiger partial charge in [-0.3, -0.25) is 0 Å². The van der Waals surface area contributed by atoms with E-state index < -0.39 is 11.6 Å². The number of hydrogen-bond donors (Lipinski definition) is 2. The molecule has 5 aliphatic rings. The zero-order valence-electron chi connectivity index (χ0n) is 17.3. The van der Waals surface area contributed by atoms with E-state index in [1.165, 1.54) is 0 Å².